The van der Waals surface area contributed by atoms with Crippen molar-refractivity contribution < 1.29 is 23.4 Å². The second-order valence-electron chi connectivity index (χ2n) is 8.75. The molecule has 0 aliphatic heterocycles. The first-order chi connectivity index (χ1) is 17.7. The Morgan fingerprint density at radius 2 is 1.78 bits per heavy atom. The number of rotatable bonds is 21. The number of carbonyl (C=O) groups is 1. The molecule has 0 saturated carbocycles. The van der Waals surface area contributed by atoms with E-state index in [2.05, 4.69) is 57.6 Å². The molecule has 2 unspecified atom stereocenters. The number of unbranched alkanes of at least 4 members (excludes halogenated alkanes) is 5. The van der Waals surface area contributed by atoms with Gasteiger partial charge in [0.2, 0.25) is 0 Å². The molecule has 36 heavy (non-hydrogen) atoms. The third kappa shape index (κ3) is 13.8. The maximum atomic E-state index is 12.1. The highest BCUT2D eigenvalue weighted by atomic mass is 31.0. The maximum absolute atomic E-state index is 12.1. The van der Waals surface area contributed by atoms with Gasteiger partial charge < -0.3 is 23.6 Å². The van der Waals surface area contributed by atoms with Crippen LogP contribution in [0.5, 0.6) is 0 Å². The molecule has 0 radical (unpaired) electrons. The molecule has 2 heterocycles. The molecule has 0 bridgehead atoms. The minimum absolute atomic E-state index is 0.168. The molecule has 0 aliphatic rings. The van der Waals surface area contributed by atoms with Crippen LogP contribution < -0.4 is 0 Å². The quantitative estimate of drug-likeness (QED) is 0.0798. The molecule has 2 rings (SSSR count). The lowest BCUT2D eigenvalue weighted by molar-refractivity contribution is -0.149. The average Bonchev–Trinajstić information content (AvgIpc) is 3.47. The summed E-state index contributed by atoms with van der Waals surface area (Å²) < 4.78 is 22.1. The molecule has 1 N–H and O–H groups in total. The molecule has 0 fully saturated rings. The van der Waals surface area contributed by atoms with Crippen molar-refractivity contribution in [3.05, 3.63) is 60.5 Å². The number of hydrogen-bond donors (Lipinski definition) is 1. The second-order valence-corrected chi connectivity index (χ2v) is 9.08. The predicted molar refractivity (Wildman–Crippen MR) is 150 cm³/mol. The highest BCUT2D eigenvalue weighted by molar-refractivity contribution is 7.16. The minimum atomic E-state index is -0.286. The van der Waals surface area contributed by atoms with Gasteiger partial charge in [0.05, 0.1) is 31.3 Å². The van der Waals surface area contributed by atoms with Gasteiger partial charge in [0.15, 0.2) is 5.58 Å². The summed E-state index contributed by atoms with van der Waals surface area (Å²) in [5, 5.41) is 0. The lowest BCUT2D eigenvalue weighted by Gasteiger charge is -2.17. The van der Waals surface area contributed by atoms with Crippen molar-refractivity contribution in [3.63, 3.8) is 0 Å². The zero-order valence-corrected chi connectivity index (χ0v) is 22.9. The van der Waals surface area contributed by atoms with Crippen molar-refractivity contribution >= 4 is 26.3 Å². The van der Waals surface area contributed by atoms with Crippen LogP contribution in [-0.2, 0) is 25.6 Å². The summed E-state index contributed by atoms with van der Waals surface area (Å²) in [6.45, 7) is 3.12. The van der Waals surface area contributed by atoms with Crippen LogP contribution in [0.2, 0.25) is 0 Å². The maximum Gasteiger partial charge on any atom is 0.305 e. The number of ether oxygens (including phenoxy) is 3. The second kappa shape index (κ2) is 20.0. The molecule has 6 nitrogen and oxygen atoms in total. The zero-order valence-electron chi connectivity index (χ0n) is 21.8. The average molecular weight is 518 g/mol. The van der Waals surface area contributed by atoms with Crippen molar-refractivity contribution in [2.24, 2.45) is 0 Å². The first-order valence-corrected chi connectivity index (χ1v) is 14.1. The van der Waals surface area contributed by atoms with Gasteiger partial charge in [-0.2, -0.15) is 0 Å². The molecule has 2 aromatic rings. The third-order valence-corrected chi connectivity index (χ3v) is 5.84. The molecule has 0 spiro atoms. The molecule has 2 atom stereocenters. The van der Waals surface area contributed by atoms with Gasteiger partial charge in [-0.3, -0.25) is 4.79 Å². The molecular formula is C29H44NO5P. The van der Waals surface area contributed by atoms with E-state index in [1.807, 2.05) is 12.1 Å². The highest BCUT2D eigenvalue weighted by Crippen LogP contribution is 2.16. The highest BCUT2D eigenvalue weighted by Gasteiger charge is 2.13. The van der Waals surface area contributed by atoms with Crippen molar-refractivity contribution in [1.29, 1.82) is 0 Å². The number of fused-ring (bicyclic) bond motifs is 1. The third-order valence-electron chi connectivity index (χ3n) is 5.65. The van der Waals surface area contributed by atoms with E-state index in [0.29, 0.717) is 26.0 Å². The minimum Gasteiger partial charge on any atom is -0.463 e. The Balaban J connectivity index is 1.44. The van der Waals surface area contributed by atoms with Crippen molar-refractivity contribution in [2.45, 2.75) is 83.8 Å². The van der Waals surface area contributed by atoms with E-state index < -0.39 is 0 Å². The number of aromatic amines is 1. The fourth-order valence-corrected chi connectivity index (χ4v) is 3.98. The number of nitrogens with one attached hydrogen (secondary N) is 1. The standard InChI is InChI=1S/C29H44NO5P/c1-2-3-4-5-6-7-8-9-10-11-12-13-14-15-16-17-29(31)34-23-26(35-24-36)22-32-21-25-20-28-27(30-25)18-19-33-28/h3-4,6-7,9-10,18-20,26,30H,2,5,8,11-17,21-24,36H2,1H3/b4-3+,7-6+,10-9+. The topological polar surface area (TPSA) is 73.7 Å². The van der Waals surface area contributed by atoms with Crippen LogP contribution in [-0.4, -0.2) is 36.6 Å². The number of H-pyrrole nitrogens is 1. The number of hydrogen-bond acceptors (Lipinski definition) is 5. The lowest BCUT2D eigenvalue weighted by Crippen LogP contribution is -2.27. The number of allylic oxidation sites excluding steroid dienone is 6. The van der Waals surface area contributed by atoms with Gasteiger partial charge in [-0.05, 0) is 38.5 Å². The molecular weight excluding hydrogens is 473 g/mol. The van der Waals surface area contributed by atoms with Crippen LogP contribution in [0.25, 0.3) is 11.1 Å². The smallest absolute Gasteiger partial charge is 0.305 e. The van der Waals surface area contributed by atoms with Gasteiger partial charge >= 0.3 is 5.97 Å². The summed E-state index contributed by atoms with van der Waals surface area (Å²) in [5.74, 6) is -0.168. The Kier molecular flexibility index (Phi) is 16.7. The van der Waals surface area contributed by atoms with Gasteiger partial charge in [-0.1, -0.05) is 62.6 Å². The Bertz CT molecular complexity index is 885. The largest absolute Gasteiger partial charge is 0.463 e. The SMILES string of the molecule is CC/C=C/C/C=C/C/C=C/CCCCCCCC(=O)OCC(COCc1cc2occc2[nH]1)OCP. The fourth-order valence-electron chi connectivity index (χ4n) is 3.71. The van der Waals surface area contributed by atoms with Crippen molar-refractivity contribution in [1.82, 2.24) is 4.98 Å². The number of carbonyl (C=O) groups excluding carboxylic acids is 1. The van der Waals surface area contributed by atoms with Crippen LogP contribution in [0, 0.1) is 0 Å². The van der Waals surface area contributed by atoms with Gasteiger partial charge in [-0.15, -0.1) is 9.24 Å². The first-order valence-electron chi connectivity index (χ1n) is 13.3. The van der Waals surface area contributed by atoms with E-state index in [1.165, 1.54) is 12.8 Å². The number of aromatic nitrogens is 1. The van der Waals surface area contributed by atoms with Gasteiger partial charge in [0, 0.05) is 24.2 Å². The van der Waals surface area contributed by atoms with Crippen LogP contribution in [0.1, 0.15) is 76.8 Å². The van der Waals surface area contributed by atoms with Crippen molar-refractivity contribution in [3.8, 4) is 0 Å². The summed E-state index contributed by atoms with van der Waals surface area (Å²) in [6, 6.07) is 3.80. The summed E-state index contributed by atoms with van der Waals surface area (Å²) in [5.41, 5.74) is 2.70. The van der Waals surface area contributed by atoms with Crippen molar-refractivity contribution in [2.75, 3.05) is 19.6 Å². The van der Waals surface area contributed by atoms with E-state index in [1.54, 1.807) is 6.26 Å². The van der Waals surface area contributed by atoms with Gasteiger partial charge in [0.25, 0.3) is 0 Å². The van der Waals surface area contributed by atoms with E-state index in [9.17, 15) is 4.79 Å². The Labute approximate surface area is 218 Å². The predicted octanol–water partition coefficient (Wildman–Crippen LogP) is 7.63. The van der Waals surface area contributed by atoms with E-state index in [4.69, 9.17) is 18.6 Å². The van der Waals surface area contributed by atoms with Gasteiger partial charge in [0.1, 0.15) is 12.7 Å². The van der Waals surface area contributed by atoms with E-state index in [-0.39, 0.29) is 18.7 Å². The van der Waals surface area contributed by atoms with Crippen LogP contribution >= 0.6 is 9.24 Å². The van der Waals surface area contributed by atoms with Crippen LogP contribution in [0.15, 0.2) is 59.3 Å². The first kappa shape index (κ1) is 30.1. The summed E-state index contributed by atoms with van der Waals surface area (Å²) >= 11 is 0. The van der Waals surface area contributed by atoms with E-state index >= 15 is 0 Å². The molecule has 0 saturated heterocycles. The van der Waals surface area contributed by atoms with Crippen LogP contribution in [0.3, 0.4) is 0 Å². The summed E-state index contributed by atoms with van der Waals surface area (Å²) in [4.78, 5) is 15.3. The molecule has 0 aromatic carbocycles. The van der Waals surface area contributed by atoms with Crippen LogP contribution in [0.4, 0.5) is 0 Å². The monoisotopic (exact) mass is 517 g/mol. The number of esters is 1. The molecule has 0 amide bonds. The Morgan fingerprint density at radius 3 is 2.56 bits per heavy atom. The van der Waals surface area contributed by atoms with E-state index in [0.717, 1.165) is 61.7 Å². The Hall–Kier alpha value is -2.14. The number of furan rings is 1. The van der Waals surface area contributed by atoms with Gasteiger partial charge in [-0.25, -0.2) is 0 Å². The molecule has 0 aliphatic carbocycles. The Morgan fingerprint density at radius 1 is 1.03 bits per heavy atom. The molecule has 2 aromatic heterocycles. The zero-order chi connectivity index (χ0) is 25.7. The summed E-state index contributed by atoms with van der Waals surface area (Å²) in [7, 11) is 2.52. The molecule has 7 heteroatoms. The lowest BCUT2D eigenvalue weighted by atomic mass is 10.1. The fraction of sp³-hybridized carbons (Fsp3) is 0.552. The normalized spacial score (nSPS) is 13.1. The summed E-state index contributed by atoms with van der Waals surface area (Å²) in [6.07, 6.45) is 25.4. The molecule has 200 valence electrons.